The molecule has 0 atom stereocenters. The molecule has 13 heavy (non-hydrogen) atoms. The maximum absolute atomic E-state index is 2.47. The fraction of sp³-hybridized carbons (Fsp3) is 0.692. The Labute approximate surface area is 81.7 Å². The Kier molecular flexibility index (Phi) is 3.23. The normalized spacial score (nSPS) is 25.4. The summed E-state index contributed by atoms with van der Waals surface area (Å²) in [7, 11) is 0. The summed E-state index contributed by atoms with van der Waals surface area (Å²) in [5.41, 5.74) is 1.65. The van der Waals surface area contributed by atoms with Crippen LogP contribution in [0.2, 0.25) is 0 Å². The molecule has 0 nitrogen and oxygen atoms in total. The summed E-state index contributed by atoms with van der Waals surface area (Å²) in [6.07, 6.45) is 18.5. The molecule has 0 aromatic rings. The van der Waals surface area contributed by atoms with Crippen LogP contribution in [0.4, 0.5) is 0 Å². The van der Waals surface area contributed by atoms with Gasteiger partial charge in [-0.2, -0.15) is 0 Å². The number of hydrogen-bond donors (Lipinski definition) is 0. The fourth-order valence-corrected chi connectivity index (χ4v) is 2.55. The Hall–Kier alpha value is -0.520. The van der Waals surface area contributed by atoms with Crippen molar-refractivity contribution in [3.05, 3.63) is 23.8 Å². The fourth-order valence-electron chi connectivity index (χ4n) is 2.55. The summed E-state index contributed by atoms with van der Waals surface area (Å²) in [5.74, 6) is 0.902. The topological polar surface area (TPSA) is 0 Å². The van der Waals surface area contributed by atoms with E-state index in [1.807, 2.05) is 0 Å². The van der Waals surface area contributed by atoms with Gasteiger partial charge in [-0.3, -0.25) is 0 Å². The molecule has 0 N–H and O–H groups in total. The Balaban J connectivity index is 1.97. The maximum atomic E-state index is 2.47. The van der Waals surface area contributed by atoms with Crippen molar-refractivity contribution in [2.45, 2.75) is 51.4 Å². The summed E-state index contributed by atoms with van der Waals surface area (Å²) in [6.45, 7) is 0. The lowest BCUT2D eigenvalue weighted by atomic mass is 9.88. The summed E-state index contributed by atoms with van der Waals surface area (Å²) >= 11 is 0. The SMILES string of the molecule is C1=CC(C2CCCCCC2)=CCC1. The molecule has 0 aromatic heterocycles. The summed E-state index contributed by atoms with van der Waals surface area (Å²) in [6, 6.07) is 0. The van der Waals surface area contributed by atoms with Crippen molar-refractivity contribution in [3.63, 3.8) is 0 Å². The van der Waals surface area contributed by atoms with Gasteiger partial charge in [-0.25, -0.2) is 0 Å². The third-order valence-electron chi connectivity index (χ3n) is 3.35. The highest BCUT2D eigenvalue weighted by atomic mass is 14.2. The zero-order valence-corrected chi connectivity index (χ0v) is 8.47. The molecule has 1 saturated carbocycles. The van der Waals surface area contributed by atoms with Gasteiger partial charge in [0.25, 0.3) is 0 Å². The zero-order valence-electron chi connectivity index (χ0n) is 8.47. The molecule has 0 spiro atoms. The average Bonchev–Trinajstić information content (AvgIpc) is 2.47. The Morgan fingerprint density at radius 3 is 2.31 bits per heavy atom. The average molecular weight is 176 g/mol. The van der Waals surface area contributed by atoms with Crippen LogP contribution in [0, 0.1) is 5.92 Å². The molecule has 0 bridgehead atoms. The second-order valence-corrected chi connectivity index (χ2v) is 4.37. The van der Waals surface area contributed by atoms with Crippen LogP contribution in [0.1, 0.15) is 51.4 Å². The van der Waals surface area contributed by atoms with Gasteiger partial charge >= 0.3 is 0 Å². The van der Waals surface area contributed by atoms with E-state index in [1.165, 1.54) is 51.4 Å². The largest absolute Gasteiger partial charge is 0.0840 e. The Morgan fingerprint density at radius 1 is 0.923 bits per heavy atom. The molecule has 2 aliphatic rings. The maximum Gasteiger partial charge on any atom is -0.0165 e. The van der Waals surface area contributed by atoms with Crippen molar-refractivity contribution >= 4 is 0 Å². The van der Waals surface area contributed by atoms with Crippen LogP contribution in [-0.2, 0) is 0 Å². The van der Waals surface area contributed by atoms with Crippen molar-refractivity contribution in [2.75, 3.05) is 0 Å². The minimum atomic E-state index is 0.902. The molecule has 2 rings (SSSR count). The zero-order chi connectivity index (χ0) is 8.93. The van der Waals surface area contributed by atoms with E-state index in [-0.39, 0.29) is 0 Å². The van der Waals surface area contributed by atoms with E-state index in [1.54, 1.807) is 5.57 Å². The highest BCUT2D eigenvalue weighted by Gasteiger charge is 2.15. The highest BCUT2D eigenvalue weighted by molar-refractivity contribution is 5.24. The van der Waals surface area contributed by atoms with Crippen LogP contribution < -0.4 is 0 Å². The van der Waals surface area contributed by atoms with Crippen LogP contribution >= 0.6 is 0 Å². The van der Waals surface area contributed by atoms with Crippen LogP contribution in [0.3, 0.4) is 0 Å². The van der Waals surface area contributed by atoms with Crippen LogP contribution in [0.15, 0.2) is 23.8 Å². The lowest BCUT2D eigenvalue weighted by molar-refractivity contribution is 0.536. The summed E-state index contributed by atoms with van der Waals surface area (Å²) in [4.78, 5) is 0. The quantitative estimate of drug-likeness (QED) is 0.524. The van der Waals surface area contributed by atoms with Gasteiger partial charge in [-0.15, -0.1) is 0 Å². The van der Waals surface area contributed by atoms with Crippen LogP contribution in [-0.4, -0.2) is 0 Å². The minimum Gasteiger partial charge on any atom is -0.0840 e. The first-order chi connectivity index (χ1) is 6.47. The number of rotatable bonds is 1. The first-order valence-corrected chi connectivity index (χ1v) is 5.83. The van der Waals surface area contributed by atoms with E-state index in [0.717, 1.165) is 5.92 Å². The predicted molar refractivity (Wildman–Crippen MR) is 57.6 cm³/mol. The molecule has 0 saturated heterocycles. The lowest BCUT2D eigenvalue weighted by Gasteiger charge is -2.17. The van der Waals surface area contributed by atoms with Gasteiger partial charge in [-0.1, -0.05) is 43.9 Å². The van der Waals surface area contributed by atoms with Gasteiger partial charge in [0.15, 0.2) is 0 Å². The van der Waals surface area contributed by atoms with Crippen LogP contribution in [0.25, 0.3) is 0 Å². The van der Waals surface area contributed by atoms with E-state index in [0.29, 0.717) is 0 Å². The predicted octanol–water partition coefficient (Wildman–Crippen LogP) is 4.23. The van der Waals surface area contributed by atoms with E-state index < -0.39 is 0 Å². The molecule has 2 aliphatic carbocycles. The summed E-state index contributed by atoms with van der Waals surface area (Å²) < 4.78 is 0. The molecule has 0 heterocycles. The van der Waals surface area contributed by atoms with Gasteiger partial charge in [0.05, 0.1) is 0 Å². The second-order valence-electron chi connectivity index (χ2n) is 4.37. The monoisotopic (exact) mass is 176 g/mol. The van der Waals surface area contributed by atoms with Crippen molar-refractivity contribution in [1.29, 1.82) is 0 Å². The molecule has 0 unspecified atom stereocenters. The Morgan fingerprint density at radius 2 is 1.69 bits per heavy atom. The van der Waals surface area contributed by atoms with Gasteiger partial charge in [-0.05, 0) is 37.2 Å². The first kappa shape index (κ1) is 9.05. The smallest absolute Gasteiger partial charge is 0.0165 e. The van der Waals surface area contributed by atoms with Gasteiger partial charge in [0.2, 0.25) is 0 Å². The summed E-state index contributed by atoms with van der Waals surface area (Å²) in [5, 5.41) is 0. The molecule has 72 valence electrons. The standard InChI is InChI=1S/C13H20/c1-2-5-9-12(8-4-1)13-10-6-3-7-11-13/h6,10-12H,1-5,7-9H2. The van der Waals surface area contributed by atoms with Gasteiger partial charge < -0.3 is 0 Å². The van der Waals surface area contributed by atoms with Gasteiger partial charge in [0.1, 0.15) is 0 Å². The molecule has 0 aromatic carbocycles. The molecule has 0 heteroatoms. The second kappa shape index (κ2) is 4.64. The molecular formula is C13H20. The number of allylic oxidation sites excluding steroid dienone is 4. The molecule has 0 aliphatic heterocycles. The van der Waals surface area contributed by atoms with E-state index in [2.05, 4.69) is 18.2 Å². The Bertz CT molecular complexity index is 202. The third-order valence-corrected chi connectivity index (χ3v) is 3.35. The van der Waals surface area contributed by atoms with Crippen molar-refractivity contribution in [3.8, 4) is 0 Å². The molecular weight excluding hydrogens is 156 g/mol. The minimum absolute atomic E-state index is 0.902. The van der Waals surface area contributed by atoms with Crippen molar-refractivity contribution in [2.24, 2.45) is 5.92 Å². The number of hydrogen-bond acceptors (Lipinski definition) is 0. The van der Waals surface area contributed by atoms with E-state index in [4.69, 9.17) is 0 Å². The molecule has 1 fully saturated rings. The lowest BCUT2D eigenvalue weighted by Crippen LogP contribution is -2.02. The van der Waals surface area contributed by atoms with Crippen LogP contribution in [0.5, 0.6) is 0 Å². The third kappa shape index (κ3) is 2.46. The highest BCUT2D eigenvalue weighted by Crippen LogP contribution is 2.31. The van der Waals surface area contributed by atoms with E-state index in [9.17, 15) is 0 Å². The molecule has 0 amide bonds. The van der Waals surface area contributed by atoms with Crippen molar-refractivity contribution < 1.29 is 0 Å². The van der Waals surface area contributed by atoms with Gasteiger partial charge in [0, 0.05) is 0 Å². The molecule has 0 radical (unpaired) electrons. The first-order valence-electron chi connectivity index (χ1n) is 5.83. The van der Waals surface area contributed by atoms with E-state index >= 15 is 0 Å². The van der Waals surface area contributed by atoms with Crippen molar-refractivity contribution in [1.82, 2.24) is 0 Å².